The van der Waals surface area contributed by atoms with Crippen molar-refractivity contribution in [1.82, 2.24) is 0 Å². The van der Waals surface area contributed by atoms with Crippen LogP contribution < -0.4 is 15.5 Å². The van der Waals surface area contributed by atoms with E-state index in [0.29, 0.717) is 28.2 Å². The number of nitrogens with one attached hydrogen (secondary N) is 1. The first kappa shape index (κ1) is 18.4. The summed E-state index contributed by atoms with van der Waals surface area (Å²) in [6, 6.07) is 21.0. The standard InChI is InChI=1S/C23H16FNO4/c24-16-6-8-17(9-7-16)25-23(27)14-28-18-10-11-21-19(12-18)20(26)13-22(29-21)15-4-2-1-3-5-15/h1-13H,14H2,(H,25,27). The minimum Gasteiger partial charge on any atom is -0.484 e. The molecule has 0 aliphatic heterocycles. The number of hydrogen-bond acceptors (Lipinski definition) is 4. The van der Waals surface area contributed by atoms with Crippen molar-refractivity contribution in [2.24, 2.45) is 0 Å². The minimum absolute atomic E-state index is 0.202. The Labute approximate surface area is 165 Å². The fraction of sp³-hybridized carbons (Fsp3) is 0.0435. The summed E-state index contributed by atoms with van der Waals surface area (Å²) in [6.45, 7) is -0.254. The Morgan fingerprint density at radius 2 is 1.72 bits per heavy atom. The molecule has 0 fully saturated rings. The van der Waals surface area contributed by atoms with Crippen LogP contribution in [0, 0.1) is 5.82 Å². The molecule has 1 heterocycles. The summed E-state index contributed by atoms with van der Waals surface area (Å²) < 4.78 is 24.2. The molecular weight excluding hydrogens is 373 g/mol. The predicted octanol–water partition coefficient (Wildman–Crippen LogP) is 4.62. The number of ether oxygens (including phenoxy) is 1. The van der Waals surface area contributed by atoms with Gasteiger partial charge in [0.05, 0.1) is 5.39 Å². The quantitative estimate of drug-likeness (QED) is 0.541. The first-order valence-electron chi connectivity index (χ1n) is 8.90. The van der Waals surface area contributed by atoms with E-state index >= 15 is 0 Å². The molecule has 0 bridgehead atoms. The zero-order valence-electron chi connectivity index (χ0n) is 15.2. The van der Waals surface area contributed by atoms with Gasteiger partial charge in [0, 0.05) is 17.3 Å². The largest absolute Gasteiger partial charge is 0.484 e. The van der Waals surface area contributed by atoms with Crippen LogP contribution in [0.4, 0.5) is 10.1 Å². The number of hydrogen-bond donors (Lipinski definition) is 1. The molecule has 0 spiro atoms. The number of fused-ring (bicyclic) bond motifs is 1. The highest BCUT2D eigenvalue weighted by Gasteiger charge is 2.09. The lowest BCUT2D eigenvalue weighted by Crippen LogP contribution is -2.20. The number of carbonyl (C=O) groups is 1. The molecule has 6 heteroatoms. The van der Waals surface area contributed by atoms with E-state index in [2.05, 4.69) is 5.32 Å². The van der Waals surface area contributed by atoms with E-state index in [0.717, 1.165) is 5.56 Å². The van der Waals surface area contributed by atoms with Gasteiger partial charge in [-0.05, 0) is 42.5 Å². The molecule has 0 aliphatic carbocycles. The fourth-order valence-electron chi connectivity index (χ4n) is 2.85. The molecule has 4 aromatic rings. The molecule has 144 valence electrons. The van der Waals surface area contributed by atoms with Crippen molar-refractivity contribution < 1.29 is 18.3 Å². The second-order valence-corrected chi connectivity index (χ2v) is 6.34. The van der Waals surface area contributed by atoms with Crippen molar-refractivity contribution in [3.63, 3.8) is 0 Å². The van der Waals surface area contributed by atoms with Gasteiger partial charge >= 0.3 is 0 Å². The topological polar surface area (TPSA) is 68.5 Å². The SMILES string of the molecule is O=C(COc1ccc2oc(-c3ccccc3)cc(=O)c2c1)Nc1ccc(F)cc1. The third-order valence-electron chi connectivity index (χ3n) is 4.25. The second kappa shape index (κ2) is 7.98. The lowest BCUT2D eigenvalue weighted by molar-refractivity contribution is -0.118. The van der Waals surface area contributed by atoms with E-state index in [1.165, 1.54) is 30.3 Å². The highest BCUT2D eigenvalue weighted by Crippen LogP contribution is 2.24. The van der Waals surface area contributed by atoms with Crippen molar-refractivity contribution in [2.45, 2.75) is 0 Å². The van der Waals surface area contributed by atoms with Crippen molar-refractivity contribution in [1.29, 1.82) is 0 Å². The van der Waals surface area contributed by atoms with Crippen LogP contribution in [0.2, 0.25) is 0 Å². The van der Waals surface area contributed by atoms with Crippen molar-refractivity contribution in [3.8, 4) is 17.1 Å². The van der Waals surface area contributed by atoms with Crippen LogP contribution in [-0.4, -0.2) is 12.5 Å². The first-order valence-corrected chi connectivity index (χ1v) is 8.90. The van der Waals surface area contributed by atoms with Crippen LogP contribution in [0.3, 0.4) is 0 Å². The van der Waals surface area contributed by atoms with E-state index in [9.17, 15) is 14.0 Å². The molecule has 4 rings (SSSR count). The van der Waals surface area contributed by atoms with Gasteiger partial charge in [0.15, 0.2) is 12.0 Å². The number of rotatable bonds is 5. The number of amides is 1. The molecule has 1 N–H and O–H groups in total. The lowest BCUT2D eigenvalue weighted by atomic mass is 10.1. The van der Waals surface area contributed by atoms with Gasteiger partial charge in [-0.3, -0.25) is 9.59 Å². The Morgan fingerprint density at radius 3 is 2.48 bits per heavy atom. The van der Waals surface area contributed by atoms with E-state index in [1.807, 2.05) is 30.3 Å². The predicted molar refractivity (Wildman–Crippen MR) is 108 cm³/mol. The van der Waals surface area contributed by atoms with Gasteiger partial charge < -0.3 is 14.5 Å². The third-order valence-corrected chi connectivity index (χ3v) is 4.25. The van der Waals surface area contributed by atoms with Gasteiger partial charge in [0.25, 0.3) is 5.91 Å². The molecule has 0 unspecified atom stereocenters. The zero-order chi connectivity index (χ0) is 20.2. The third kappa shape index (κ3) is 4.32. The highest BCUT2D eigenvalue weighted by atomic mass is 19.1. The monoisotopic (exact) mass is 389 g/mol. The van der Waals surface area contributed by atoms with Gasteiger partial charge in [0.2, 0.25) is 0 Å². The zero-order valence-corrected chi connectivity index (χ0v) is 15.2. The molecule has 29 heavy (non-hydrogen) atoms. The maximum absolute atomic E-state index is 12.9. The van der Waals surface area contributed by atoms with Crippen LogP contribution in [0.15, 0.2) is 88.1 Å². The summed E-state index contributed by atoms with van der Waals surface area (Å²) in [6.07, 6.45) is 0. The fourth-order valence-corrected chi connectivity index (χ4v) is 2.85. The van der Waals surface area contributed by atoms with Crippen molar-refractivity contribution in [3.05, 3.63) is 94.9 Å². The van der Waals surface area contributed by atoms with Crippen molar-refractivity contribution >= 4 is 22.6 Å². The Kier molecular flexibility index (Phi) is 5.07. The Balaban J connectivity index is 1.49. The Morgan fingerprint density at radius 1 is 0.966 bits per heavy atom. The molecule has 1 aromatic heterocycles. The normalized spacial score (nSPS) is 10.7. The van der Waals surface area contributed by atoms with Gasteiger partial charge in [-0.25, -0.2) is 4.39 Å². The van der Waals surface area contributed by atoms with E-state index < -0.39 is 5.91 Å². The van der Waals surface area contributed by atoms with E-state index in [4.69, 9.17) is 9.15 Å². The van der Waals surface area contributed by atoms with Gasteiger partial charge in [0.1, 0.15) is 22.9 Å². The van der Waals surface area contributed by atoms with Crippen molar-refractivity contribution in [2.75, 3.05) is 11.9 Å². The average molecular weight is 389 g/mol. The molecule has 1 amide bonds. The maximum atomic E-state index is 12.9. The second-order valence-electron chi connectivity index (χ2n) is 6.34. The van der Waals surface area contributed by atoms with E-state index in [1.54, 1.807) is 18.2 Å². The summed E-state index contributed by atoms with van der Waals surface area (Å²) in [5.41, 5.74) is 1.50. The van der Waals surface area contributed by atoms with Crippen LogP contribution in [0.5, 0.6) is 5.75 Å². The molecule has 0 saturated carbocycles. The smallest absolute Gasteiger partial charge is 0.262 e. The molecule has 0 radical (unpaired) electrons. The number of carbonyl (C=O) groups excluding carboxylic acids is 1. The van der Waals surface area contributed by atoms with Crippen LogP contribution in [0.25, 0.3) is 22.3 Å². The van der Waals surface area contributed by atoms with Gasteiger partial charge in [-0.2, -0.15) is 0 Å². The molecule has 3 aromatic carbocycles. The first-order chi connectivity index (χ1) is 14.1. The number of halogens is 1. The van der Waals surface area contributed by atoms with E-state index in [-0.39, 0.29) is 17.9 Å². The summed E-state index contributed by atoms with van der Waals surface area (Å²) in [5, 5.41) is 2.96. The average Bonchev–Trinajstić information content (AvgIpc) is 2.74. The highest BCUT2D eigenvalue weighted by molar-refractivity contribution is 5.92. The van der Waals surface area contributed by atoms with Crippen LogP contribution >= 0.6 is 0 Å². The Hall–Kier alpha value is -3.93. The summed E-state index contributed by atoms with van der Waals surface area (Å²) in [4.78, 5) is 24.5. The Bertz CT molecular complexity index is 1220. The van der Waals surface area contributed by atoms with Gasteiger partial charge in [-0.1, -0.05) is 30.3 Å². The molecular formula is C23H16FNO4. The maximum Gasteiger partial charge on any atom is 0.262 e. The lowest BCUT2D eigenvalue weighted by Gasteiger charge is -2.09. The van der Waals surface area contributed by atoms with Gasteiger partial charge in [-0.15, -0.1) is 0 Å². The van der Waals surface area contributed by atoms with Crippen LogP contribution in [-0.2, 0) is 4.79 Å². The summed E-state index contributed by atoms with van der Waals surface area (Å²) in [7, 11) is 0. The summed E-state index contributed by atoms with van der Waals surface area (Å²) in [5.74, 6) is 0.0646. The number of anilines is 1. The molecule has 0 saturated heterocycles. The number of benzene rings is 3. The molecule has 0 atom stereocenters. The summed E-state index contributed by atoms with van der Waals surface area (Å²) >= 11 is 0. The molecule has 0 aliphatic rings. The molecule has 5 nitrogen and oxygen atoms in total. The minimum atomic E-state index is -0.400. The van der Waals surface area contributed by atoms with Crippen LogP contribution in [0.1, 0.15) is 0 Å².